The number of amides is 1. The minimum atomic E-state index is -0.0654. The quantitative estimate of drug-likeness (QED) is 0.270. The highest BCUT2D eigenvalue weighted by atomic mass is 127. The summed E-state index contributed by atoms with van der Waals surface area (Å²) in [5.41, 5.74) is 0.670. The fourth-order valence-electron chi connectivity index (χ4n) is 2.02. The molecule has 0 radical (unpaired) electrons. The van der Waals surface area contributed by atoms with Crippen molar-refractivity contribution in [1.29, 1.82) is 0 Å². The van der Waals surface area contributed by atoms with Crippen LogP contribution < -0.4 is 16.0 Å². The minimum Gasteiger partial charge on any atom is -0.355 e. The predicted octanol–water partition coefficient (Wildman–Crippen LogP) is 2.77. The molecule has 0 unspecified atom stereocenters. The number of hydrogen-bond donors (Lipinski definition) is 3. The van der Waals surface area contributed by atoms with Crippen LogP contribution in [0.5, 0.6) is 0 Å². The first-order valence-electron chi connectivity index (χ1n) is 7.52. The molecule has 0 aliphatic carbocycles. The van der Waals surface area contributed by atoms with Crippen LogP contribution in [-0.2, 0) is 6.54 Å². The van der Waals surface area contributed by atoms with Crippen LogP contribution in [0.25, 0.3) is 0 Å². The lowest BCUT2D eigenvalue weighted by atomic mass is 10.2. The largest absolute Gasteiger partial charge is 0.355 e. The summed E-state index contributed by atoms with van der Waals surface area (Å²) in [7, 11) is 1.73. The van der Waals surface area contributed by atoms with Crippen LogP contribution in [0, 0.1) is 6.92 Å². The number of guanidine groups is 1. The maximum absolute atomic E-state index is 11.9. The van der Waals surface area contributed by atoms with Crippen molar-refractivity contribution in [2.45, 2.75) is 13.5 Å². The average Bonchev–Trinajstić information content (AvgIpc) is 3.00. The van der Waals surface area contributed by atoms with Crippen LogP contribution in [0.15, 0.2) is 47.5 Å². The molecule has 130 valence electrons. The number of thiophene rings is 1. The zero-order chi connectivity index (χ0) is 16.5. The Kier molecular flexibility index (Phi) is 9.39. The Labute approximate surface area is 164 Å². The number of aliphatic imine (C=N–C) groups is 1. The standard InChI is InChI=1S/C17H22N4OS.HI/c1-13-8-9-15(23-13)12-21-17(18-2)20-11-10-19-16(22)14-6-4-3-5-7-14;/h3-9H,10-12H2,1-2H3,(H,19,22)(H2,18,20,21);1H. The van der Waals surface area contributed by atoms with Gasteiger partial charge in [-0.1, -0.05) is 18.2 Å². The molecule has 0 aliphatic heterocycles. The molecule has 1 aromatic carbocycles. The van der Waals surface area contributed by atoms with E-state index in [4.69, 9.17) is 0 Å². The molecule has 1 amide bonds. The van der Waals surface area contributed by atoms with Gasteiger partial charge in [-0.05, 0) is 31.2 Å². The second-order valence-corrected chi connectivity index (χ2v) is 6.36. The van der Waals surface area contributed by atoms with Gasteiger partial charge in [0.25, 0.3) is 5.91 Å². The normalized spacial score (nSPS) is 10.7. The second-order valence-electron chi connectivity index (χ2n) is 4.99. The van der Waals surface area contributed by atoms with Gasteiger partial charge in [0.2, 0.25) is 0 Å². The van der Waals surface area contributed by atoms with E-state index in [0.717, 1.165) is 12.5 Å². The minimum absolute atomic E-state index is 0. The number of benzene rings is 1. The van der Waals surface area contributed by atoms with Crippen molar-refractivity contribution in [2.75, 3.05) is 20.1 Å². The van der Waals surface area contributed by atoms with Crippen molar-refractivity contribution in [3.8, 4) is 0 Å². The molecule has 1 heterocycles. The maximum Gasteiger partial charge on any atom is 0.251 e. The van der Waals surface area contributed by atoms with Gasteiger partial charge in [-0.3, -0.25) is 9.79 Å². The van der Waals surface area contributed by atoms with Crippen LogP contribution in [0.2, 0.25) is 0 Å². The molecule has 2 aromatic rings. The van der Waals surface area contributed by atoms with Gasteiger partial charge in [-0.25, -0.2) is 0 Å². The Bertz CT molecular complexity index is 658. The summed E-state index contributed by atoms with van der Waals surface area (Å²) in [5, 5.41) is 9.31. The number of nitrogens with one attached hydrogen (secondary N) is 3. The zero-order valence-electron chi connectivity index (χ0n) is 13.8. The van der Waals surface area contributed by atoms with Gasteiger partial charge in [-0.15, -0.1) is 35.3 Å². The summed E-state index contributed by atoms with van der Waals surface area (Å²) >= 11 is 1.77. The molecule has 0 saturated carbocycles. The average molecular weight is 458 g/mol. The Morgan fingerprint density at radius 3 is 2.38 bits per heavy atom. The number of carbonyl (C=O) groups is 1. The molecular weight excluding hydrogens is 435 g/mol. The highest BCUT2D eigenvalue weighted by molar-refractivity contribution is 14.0. The first-order chi connectivity index (χ1) is 11.2. The van der Waals surface area contributed by atoms with Crippen LogP contribution in [0.4, 0.5) is 0 Å². The first-order valence-corrected chi connectivity index (χ1v) is 8.34. The Balaban J connectivity index is 0.00000288. The molecular formula is C17H23IN4OS. The van der Waals surface area contributed by atoms with Gasteiger partial charge in [0.05, 0.1) is 6.54 Å². The Hall–Kier alpha value is -1.61. The molecule has 2 rings (SSSR count). The molecule has 7 heteroatoms. The van der Waals surface area contributed by atoms with Gasteiger partial charge in [0.15, 0.2) is 5.96 Å². The van der Waals surface area contributed by atoms with Gasteiger partial charge in [-0.2, -0.15) is 0 Å². The Morgan fingerprint density at radius 1 is 1.04 bits per heavy atom. The van der Waals surface area contributed by atoms with Crippen molar-refractivity contribution in [1.82, 2.24) is 16.0 Å². The summed E-state index contributed by atoms with van der Waals surface area (Å²) in [6, 6.07) is 13.4. The summed E-state index contributed by atoms with van der Waals surface area (Å²) in [4.78, 5) is 18.6. The second kappa shape index (κ2) is 11.0. The lowest BCUT2D eigenvalue weighted by Crippen LogP contribution is -2.41. The van der Waals surface area contributed by atoms with E-state index in [-0.39, 0.29) is 29.9 Å². The van der Waals surface area contributed by atoms with Gasteiger partial charge < -0.3 is 16.0 Å². The van der Waals surface area contributed by atoms with Crippen molar-refractivity contribution >= 4 is 47.2 Å². The van der Waals surface area contributed by atoms with Crippen LogP contribution in [0.1, 0.15) is 20.1 Å². The number of nitrogens with zero attached hydrogens (tertiary/aromatic N) is 1. The summed E-state index contributed by atoms with van der Waals surface area (Å²) in [6.07, 6.45) is 0. The Morgan fingerprint density at radius 2 is 1.75 bits per heavy atom. The van der Waals surface area contributed by atoms with Crippen LogP contribution in [0.3, 0.4) is 0 Å². The molecule has 3 N–H and O–H groups in total. The molecule has 24 heavy (non-hydrogen) atoms. The van der Waals surface area contributed by atoms with E-state index in [9.17, 15) is 4.79 Å². The number of rotatable bonds is 6. The van der Waals surface area contributed by atoms with E-state index in [2.05, 4.69) is 40.0 Å². The van der Waals surface area contributed by atoms with Gasteiger partial charge in [0, 0.05) is 35.5 Å². The molecule has 5 nitrogen and oxygen atoms in total. The summed E-state index contributed by atoms with van der Waals surface area (Å²) < 4.78 is 0. The molecule has 0 spiro atoms. The van der Waals surface area contributed by atoms with Gasteiger partial charge >= 0.3 is 0 Å². The molecule has 0 aliphatic rings. The summed E-state index contributed by atoms with van der Waals surface area (Å²) in [5.74, 6) is 0.662. The lowest BCUT2D eigenvalue weighted by molar-refractivity contribution is 0.0954. The van der Waals surface area contributed by atoms with Crippen molar-refractivity contribution in [3.05, 3.63) is 57.8 Å². The number of halogens is 1. The molecule has 0 saturated heterocycles. The zero-order valence-corrected chi connectivity index (χ0v) is 17.0. The predicted molar refractivity (Wildman–Crippen MR) is 111 cm³/mol. The number of carbonyl (C=O) groups excluding carboxylic acids is 1. The summed E-state index contributed by atoms with van der Waals surface area (Å²) in [6.45, 7) is 3.99. The van der Waals surface area contributed by atoms with E-state index >= 15 is 0 Å². The van der Waals surface area contributed by atoms with E-state index < -0.39 is 0 Å². The fraction of sp³-hybridized carbons (Fsp3) is 0.294. The topological polar surface area (TPSA) is 65.5 Å². The van der Waals surface area contributed by atoms with E-state index in [1.165, 1.54) is 9.75 Å². The van der Waals surface area contributed by atoms with Gasteiger partial charge in [0.1, 0.15) is 0 Å². The lowest BCUT2D eigenvalue weighted by Gasteiger charge is -2.11. The maximum atomic E-state index is 11.9. The molecule has 0 atom stereocenters. The van der Waals surface area contributed by atoms with Crippen molar-refractivity contribution in [2.24, 2.45) is 4.99 Å². The number of hydrogen-bond acceptors (Lipinski definition) is 3. The highest BCUT2D eigenvalue weighted by Gasteiger charge is 2.04. The highest BCUT2D eigenvalue weighted by Crippen LogP contribution is 2.14. The molecule has 1 aromatic heterocycles. The SMILES string of the molecule is CN=C(NCCNC(=O)c1ccccc1)NCc1ccc(C)s1.I. The third kappa shape index (κ3) is 6.88. The van der Waals surface area contributed by atoms with Crippen molar-refractivity contribution in [3.63, 3.8) is 0 Å². The first kappa shape index (κ1) is 20.4. The third-order valence-electron chi connectivity index (χ3n) is 3.19. The van der Waals surface area contributed by atoms with Crippen LogP contribution in [-0.4, -0.2) is 32.0 Å². The monoisotopic (exact) mass is 458 g/mol. The van der Waals surface area contributed by atoms with E-state index in [1.807, 2.05) is 18.2 Å². The van der Waals surface area contributed by atoms with Crippen molar-refractivity contribution < 1.29 is 4.79 Å². The van der Waals surface area contributed by atoms with Crippen LogP contribution >= 0.6 is 35.3 Å². The van der Waals surface area contributed by atoms with E-state index in [0.29, 0.717) is 18.7 Å². The van der Waals surface area contributed by atoms with E-state index in [1.54, 1.807) is 30.5 Å². The molecule has 0 bridgehead atoms. The third-order valence-corrected chi connectivity index (χ3v) is 4.19. The number of aryl methyl sites for hydroxylation is 1. The fourth-order valence-corrected chi connectivity index (χ4v) is 2.85. The smallest absolute Gasteiger partial charge is 0.251 e. The molecule has 0 fully saturated rings.